The van der Waals surface area contributed by atoms with E-state index in [2.05, 4.69) is 5.32 Å². The van der Waals surface area contributed by atoms with Crippen LogP contribution in [-0.2, 0) is 10.2 Å². The van der Waals surface area contributed by atoms with E-state index in [0.717, 1.165) is 36.6 Å². The Morgan fingerprint density at radius 1 is 1.21 bits per heavy atom. The number of amides is 1. The van der Waals surface area contributed by atoms with Crippen molar-refractivity contribution in [2.24, 2.45) is 0 Å². The SMILES string of the molecule is O=C(O)C(F)(F)F.O=C(c1ccco1)N1CC2(CCNCC2)c2cc(Cl)ccc21. The van der Waals surface area contributed by atoms with Gasteiger partial charge in [0.25, 0.3) is 5.91 Å². The maximum atomic E-state index is 12.8. The number of anilines is 1. The number of carbonyl (C=O) groups is 2. The quantitative estimate of drug-likeness (QED) is 0.718. The summed E-state index contributed by atoms with van der Waals surface area (Å²) >= 11 is 6.22. The first-order chi connectivity index (χ1) is 13.6. The van der Waals surface area contributed by atoms with Crippen molar-refractivity contribution in [3.05, 3.63) is 52.9 Å². The predicted octanol–water partition coefficient (Wildman–Crippen LogP) is 3.85. The number of carbonyl (C=O) groups excluding carboxylic acids is 1. The van der Waals surface area contributed by atoms with E-state index < -0.39 is 12.1 Å². The Hall–Kier alpha value is -2.52. The first kappa shape index (κ1) is 21.2. The Bertz CT molecular complexity index is 893. The average Bonchev–Trinajstić information content (AvgIpc) is 3.30. The number of furan rings is 1. The zero-order valence-corrected chi connectivity index (χ0v) is 15.9. The van der Waals surface area contributed by atoms with E-state index in [4.69, 9.17) is 25.9 Å². The monoisotopic (exact) mass is 430 g/mol. The summed E-state index contributed by atoms with van der Waals surface area (Å²) in [5.41, 5.74) is 2.17. The molecule has 0 radical (unpaired) electrons. The van der Waals surface area contributed by atoms with Crippen molar-refractivity contribution >= 4 is 29.2 Å². The number of halogens is 4. The van der Waals surface area contributed by atoms with Crippen LogP contribution < -0.4 is 10.2 Å². The summed E-state index contributed by atoms with van der Waals surface area (Å²) in [7, 11) is 0. The van der Waals surface area contributed by atoms with Gasteiger partial charge in [-0.2, -0.15) is 13.2 Å². The second-order valence-electron chi connectivity index (χ2n) is 6.86. The molecule has 1 amide bonds. The summed E-state index contributed by atoms with van der Waals surface area (Å²) in [5, 5.41) is 11.2. The van der Waals surface area contributed by atoms with Gasteiger partial charge in [-0.15, -0.1) is 0 Å². The lowest BCUT2D eigenvalue weighted by Crippen LogP contribution is -2.44. The lowest BCUT2D eigenvalue weighted by atomic mass is 9.75. The van der Waals surface area contributed by atoms with Crippen molar-refractivity contribution in [2.45, 2.75) is 24.4 Å². The Morgan fingerprint density at radius 2 is 1.86 bits per heavy atom. The number of benzene rings is 1. The molecule has 3 heterocycles. The van der Waals surface area contributed by atoms with Crippen LogP contribution in [0.25, 0.3) is 0 Å². The van der Waals surface area contributed by atoms with E-state index in [1.807, 2.05) is 23.1 Å². The van der Waals surface area contributed by atoms with Crippen LogP contribution in [0, 0.1) is 0 Å². The fourth-order valence-corrected chi connectivity index (χ4v) is 3.86. The summed E-state index contributed by atoms with van der Waals surface area (Å²) in [6.45, 7) is 2.63. The Balaban J connectivity index is 0.000000298. The molecule has 0 bridgehead atoms. The van der Waals surface area contributed by atoms with Crippen molar-refractivity contribution in [3.63, 3.8) is 0 Å². The van der Waals surface area contributed by atoms with Crippen LogP contribution in [0.15, 0.2) is 41.0 Å². The van der Waals surface area contributed by atoms with E-state index in [-0.39, 0.29) is 11.3 Å². The molecule has 6 nitrogen and oxygen atoms in total. The number of hydrogen-bond donors (Lipinski definition) is 2. The second kappa shape index (κ2) is 8.08. The summed E-state index contributed by atoms with van der Waals surface area (Å²) in [5.74, 6) is -2.46. The van der Waals surface area contributed by atoms with E-state index in [1.54, 1.807) is 12.1 Å². The van der Waals surface area contributed by atoms with E-state index >= 15 is 0 Å². The van der Waals surface area contributed by atoms with Gasteiger partial charge in [0.1, 0.15) is 0 Å². The highest BCUT2D eigenvalue weighted by atomic mass is 35.5. The highest BCUT2D eigenvalue weighted by Crippen LogP contribution is 2.47. The lowest BCUT2D eigenvalue weighted by molar-refractivity contribution is -0.192. The fourth-order valence-electron chi connectivity index (χ4n) is 3.69. The molecule has 156 valence electrons. The Morgan fingerprint density at radius 3 is 2.41 bits per heavy atom. The molecule has 4 rings (SSSR count). The number of piperidine rings is 1. The molecule has 1 saturated heterocycles. The number of fused-ring (bicyclic) bond motifs is 2. The molecule has 1 aromatic heterocycles. The molecule has 0 atom stereocenters. The van der Waals surface area contributed by atoms with Gasteiger partial charge in [0, 0.05) is 22.7 Å². The highest BCUT2D eigenvalue weighted by molar-refractivity contribution is 6.30. The maximum absolute atomic E-state index is 12.8. The van der Waals surface area contributed by atoms with Crippen molar-refractivity contribution in [1.82, 2.24) is 5.32 Å². The molecule has 0 saturated carbocycles. The maximum Gasteiger partial charge on any atom is 0.490 e. The van der Waals surface area contributed by atoms with Crippen molar-refractivity contribution in [2.75, 3.05) is 24.5 Å². The van der Waals surface area contributed by atoms with Crippen LogP contribution in [0.5, 0.6) is 0 Å². The van der Waals surface area contributed by atoms with Crippen LogP contribution in [0.2, 0.25) is 5.02 Å². The number of rotatable bonds is 1. The minimum absolute atomic E-state index is 0.00767. The smallest absolute Gasteiger partial charge is 0.475 e. The van der Waals surface area contributed by atoms with Gasteiger partial charge in [-0.05, 0) is 61.8 Å². The first-order valence-corrected chi connectivity index (χ1v) is 9.18. The summed E-state index contributed by atoms with van der Waals surface area (Å²) < 4.78 is 37.0. The predicted molar refractivity (Wildman–Crippen MR) is 99.3 cm³/mol. The normalized spacial score (nSPS) is 17.4. The Labute approximate surface area is 169 Å². The number of alkyl halides is 3. The molecule has 2 aliphatic rings. The molecule has 10 heteroatoms. The largest absolute Gasteiger partial charge is 0.490 e. The number of nitrogens with zero attached hydrogens (tertiary/aromatic N) is 1. The van der Waals surface area contributed by atoms with Crippen molar-refractivity contribution in [1.29, 1.82) is 0 Å². The molecule has 2 aliphatic heterocycles. The molecule has 1 fully saturated rings. The number of hydrogen-bond acceptors (Lipinski definition) is 4. The van der Waals surface area contributed by atoms with Gasteiger partial charge in [-0.25, -0.2) is 4.79 Å². The summed E-state index contributed by atoms with van der Waals surface area (Å²) in [6, 6.07) is 9.29. The molecule has 1 aromatic carbocycles. The van der Waals surface area contributed by atoms with Crippen LogP contribution in [0.1, 0.15) is 29.0 Å². The van der Waals surface area contributed by atoms with Crippen LogP contribution >= 0.6 is 11.6 Å². The van der Waals surface area contributed by atoms with Gasteiger partial charge >= 0.3 is 12.1 Å². The van der Waals surface area contributed by atoms with Crippen LogP contribution in [0.3, 0.4) is 0 Å². The average molecular weight is 431 g/mol. The van der Waals surface area contributed by atoms with Gasteiger partial charge in [0.05, 0.1) is 6.26 Å². The topological polar surface area (TPSA) is 82.8 Å². The molecule has 2 N–H and O–H groups in total. The third kappa shape index (κ3) is 4.40. The molecule has 0 aliphatic carbocycles. The second-order valence-corrected chi connectivity index (χ2v) is 7.30. The standard InChI is InChI=1S/C17H17ClN2O2.C2HF3O2/c18-12-3-4-14-13(10-12)17(5-7-19-8-6-17)11-20(14)16(21)15-2-1-9-22-15;3-2(4,5)1(6)7/h1-4,9-10,19H,5-8,11H2;(H,6,7). The van der Waals surface area contributed by atoms with E-state index in [9.17, 15) is 18.0 Å². The van der Waals surface area contributed by atoms with E-state index in [1.165, 1.54) is 11.8 Å². The number of carboxylic acid groups (broad SMARTS) is 1. The summed E-state index contributed by atoms with van der Waals surface area (Å²) in [4.78, 5) is 23.5. The molecule has 0 unspecified atom stereocenters. The minimum Gasteiger partial charge on any atom is -0.475 e. The minimum atomic E-state index is -5.08. The fraction of sp³-hybridized carbons (Fsp3) is 0.368. The van der Waals surface area contributed by atoms with Gasteiger partial charge in [-0.3, -0.25) is 4.79 Å². The van der Waals surface area contributed by atoms with Gasteiger partial charge < -0.3 is 19.7 Å². The van der Waals surface area contributed by atoms with Gasteiger partial charge in [-0.1, -0.05) is 11.6 Å². The molecular formula is C19H18ClF3N2O4. The molecule has 2 aromatic rings. The Kier molecular flexibility index (Phi) is 5.90. The molecule has 1 spiro atoms. The van der Waals surface area contributed by atoms with Crippen molar-refractivity contribution < 1.29 is 32.3 Å². The van der Waals surface area contributed by atoms with Gasteiger partial charge in [0.2, 0.25) is 0 Å². The number of carboxylic acids is 1. The third-order valence-corrected chi connectivity index (χ3v) is 5.30. The number of aliphatic carboxylic acids is 1. The third-order valence-electron chi connectivity index (χ3n) is 5.06. The van der Waals surface area contributed by atoms with E-state index in [0.29, 0.717) is 12.3 Å². The summed E-state index contributed by atoms with van der Waals surface area (Å²) in [6.07, 6.45) is -1.52. The van der Waals surface area contributed by atoms with Crippen molar-refractivity contribution in [3.8, 4) is 0 Å². The molecule has 29 heavy (non-hydrogen) atoms. The zero-order valence-electron chi connectivity index (χ0n) is 15.1. The van der Waals surface area contributed by atoms with Crippen LogP contribution in [-0.4, -0.2) is 42.8 Å². The van der Waals surface area contributed by atoms with Crippen LogP contribution in [0.4, 0.5) is 18.9 Å². The van der Waals surface area contributed by atoms with Gasteiger partial charge in [0.15, 0.2) is 5.76 Å². The highest BCUT2D eigenvalue weighted by Gasteiger charge is 2.45. The molecular weight excluding hydrogens is 413 g/mol. The zero-order chi connectivity index (χ0) is 21.2. The number of nitrogens with one attached hydrogen (secondary N) is 1. The lowest BCUT2D eigenvalue weighted by Gasteiger charge is -2.34. The first-order valence-electron chi connectivity index (χ1n) is 8.80.